The number of oxazole rings is 1. The lowest BCUT2D eigenvalue weighted by atomic mass is 9.92. The molecule has 0 unspecified atom stereocenters. The molecular formula is C20H23N3O5. The highest BCUT2D eigenvalue weighted by Crippen LogP contribution is 2.29. The lowest BCUT2D eigenvalue weighted by molar-refractivity contribution is 0.0443. The van der Waals surface area contributed by atoms with Crippen LogP contribution in [0.1, 0.15) is 49.6 Å². The fourth-order valence-corrected chi connectivity index (χ4v) is 2.99. The van der Waals surface area contributed by atoms with Gasteiger partial charge in [-0.05, 0) is 39.3 Å². The van der Waals surface area contributed by atoms with Gasteiger partial charge >= 0.3 is 12.1 Å². The molecule has 0 saturated carbocycles. The second kappa shape index (κ2) is 7.03. The number of aromatic nitrogens is 2. The van der Waals surface area contributed by atoms with Crippen LogP contribution in [0.15, 0.2) is 41.1 Å². The first-order valence-electron chi connectivity index (χ1n) is 8.83. The number of benzene rings is 1. The second-order valence-electron chi connectivity index (χ2n) is 7.84. The van der Waals surface area contributed by atoms with Gasteiger partial charge in [-0.1, -0.05) is 18.2 Å². The molecule has 1 aromatic carbocycles. The zero-order valence-electron chi connectivity index (χ0n) is 16.2. The third-order valence-electron chi connectivity index (χ3n) is 4.19. The van der Waals surface area contributed by atoms with Gasteiger partial charge in [-0.15, -0.1) is 0 Å². The number of rotatable bonds is 5. The molecule has 0 aliphatic carbocycles. The third-order valence-corrected chi connectivity index (χ3v) is 4.19. The summed E-state index contributed by atoms with van der Waals surface area (Å²) in [6.45, 7) is 7.00. The number of fused-ring (bicyclic) bond motifs is 1. The summed E-state index contributed by atoms with van der Waals surface area (Å²) in [6.07, 6.45) is 2.57. The highest BCUT2D eigenvalue weighted by atomic mass is 16.6. The van der Waals surface area contributed by atoms with Crippen molar-refractivity contribution in [1.82, 2.24) is 15.3 Å². The average Bonchev–Trinajstić information content (AvgIpc) is 3.21. The van der Waals surface area contributed by atoms with Gasteiger partial charge in [0.2, 0.25) is 5.89 Å². The zero-order chi connectivity index (χ0) is 20.5. The van der Waals surface area contributed by atoms with Crippen LogP contribution < -0.4 is 5.32 Å². The van der Waals surface area contributed by atoms with E-state index in [0.717, 1.165) is 22.7 Å². The van der Waals surface area contributed by atoms with Gasteiger partial charge in [0, 0.05) is 23.5 Å². The van der Waals surface area contributed by atoms with E-state index in [-0.39, 0.29) is 11.6 Å². The summed E-state index contributed by atoms with van der Waals surface area (Å²) < 4.78 is 10.8. The van der Waals surface area contributed by atoms with Crippen LogP contribution >= 0.6 is 0 Å². The number of amides is 1. The Morgan fingerprint density at radius 1 is 1.25 bits per heavy atom. The standard InChI is InChI=1S/C20H23N3O5/c1-19(2,3)28-18(26)23-20(4,17-22-15(11-27-17)16(24)25)9-12-10-21-14-8-6-5-7-13(12)14/h5-8,10-11,21H,9H2,1-4H3,(H,23,26)(H,24,25)/t20-/m0/s1. The summed E-state index contributed by atoms with van der Waals surface area (Å²) in [5, 5.41) is 12.9. The molecule has 0 fully saturated rings. The average molecular weight is 385 g/mol. The van der Waals surface area contributed by atoms with Gasteiger partial charge in [-0.25, -0.2) is 14.6 Å². The number of aromatic carboxylic acids is 1. The molecule has 8 nitrogen and oxygen atoms in total. The molecule has 0 aliphatic heterocycles. The number of para-hydroxylation sites is 1. The number of hydrogen-bond acceptors (Lipinski definition) is 5. The Labute approximate surface area is 161 Å². The SMILES string of the molecule is CC(C)(C)OC(=O)N[C@@](C)(Cc1c[nH]c2ccccc12)c1nc(C(=O)O)co1. The molecule has 0 radical (unpaired) electrons. The molecular weight excluding hydrogens is 362 g/mol. The Balaban J connectivity index is 1.97. The van der Waals surface area contributed by atoms with E-state index in [4.69, 9.17) is 14.3 Å². The minimum absolute atomic E-state index is 0.0843. The van der Waals surface area contributed by atoms with E-state index in [0.29, 0.717) is 6.42 Å². The number of H-pyrrole nitrogens is 1. The molecule has 3 N–H and O–H groups in total. The first kappa shape index (κ1) is 19.5. The number of carboxylic acid groups (broad SMARTS) is 1. The van der Waals surface area contributed by atoms with Gasteiger partial charge in [-0.3, -0.25) is 0 Å². The number of nitrogens with one attached hydrogen (secondary N) is 2. The Hall–Kier alpha value is -3.29. The van der Waals surface area contributed by atoms with Crippen LogP contribution in [0.25, 0.3) is 10.9 Å². The lowest BCUT2D eigenvalue weighted by Crippen LogP contribution is -2.47. The van der Waals surface area contributed by atoms with Gasteiger partial charge < -0.3 is 24.6 Å². The summed E-state index contributed by atoms with van der Waals surface area (Å²) in [5.41, 5.74) is -0.165. The van der Waals surface area contributed by atoms with Crippen LogP contribution in [0.4, 0.5) is 4.79 Å². The number of carbonyl (C=O) groups is 2. The van der Waals surface area contributed by atoms with Crippen LogP contribution in [-0.4, -0.2) is 32.7 Å². The summed E-state index contributed by atoms with van der Waals surface area (Å²) >= 11 is 0. The van der Waals surface area contributed by atoms with E-state index in [1.54, 1.807) is 27.7 Å². The van der Waals surface area contributed by atoms with Crippen molar-refractivity contribution in [3.05, 3.63) is 53.9 Å². The first-order chi connectivity index (χ1) is 13.1. The zero-order valence-corrected chi connectivity index (χ0v) is 16.2. The topological polar surface area (TPSA) is 117 Å². The Bertz CT molecular complexity index is 1010. The molecule has 2 aromatic heterocycles. The number of alkyl carbamates (subject to hydrolysis) is 1. The van der Waals surface area contributed by atoms with Gasteiger partial charge in [0.1, 0.15) is 17.4 Å². The maximum absolute atomic E-state index is 12.5. The van der Waals surface area contributed by atoms with Gasteiger partial charge in [-0.2, -0.15) is 0 Å². The number of nitrogens with zero attached hydrogens (tertiary/aromatic N) is 1. The first-order valence-corrected chi connectivity index (χ1v) is 8.83. The highest BCUT2D eigenvalue weighted by Gasteiger charge is 2.37. The number of aromatic amines is 1. The summed E-state index contributed by atoms with van der Waals surface area (Å²) in [5.74, 6) is -1.12. The van der Waals surface area contributed by atoms with Crippen molar-refractivity contribution >= 4 is 23.0 Å². The van der Waals surface area contributed by atoms with Crippen molar-refractivity contribution < 1.29 is 23.8 Å². The number of carbonyl (C=O) groups excluding carboxylic acids is 1. The molecule has 28 heavy (non-hydrogen) atoms. The second-order valence-corrected chi connectivity index (χ2v) is 7.84. The van der Waals surface area contributed by atoms with E-state index in [9.17, 15) is 9.59 Å². The molecule has 0 bridgehead atoms. The van der Waals surface area contributed by atoms with Crippen molar-refractivity contribution in [2.75, 3.05) is 0 Å². The van der Waals surface area contributed by atoms with E-state index in [1.165, 1.54) is 0 Å². The van der Waals surface area contributed by atoms with Crippen molar-refractivity contribution in [1.29, 1.82) is 0 Å². The third kappa shape index (κ3) is 4.16. The largest absolute Gasteiger partial charge is 0.476 e. The number of carboxylic acids is 1. The summed E-state index contributed by atoms with van der Waals surface area (Å²) in [4.78, 5) is 30.9. The van der Waals surface area contributed by atoms with Crippen molar-refractivity contribution in [3.8, 4) is 0 Å². The summed E-state index contributed by atoms with van der Waals surface area (Å²) in [7, 11) is 0. The van der Waals surface area contributed by atoms with E-state index in [1.807, 2.05) is 30.5 Å². The molecule has 148 valence electrons. The van der Waals surface area contributed by atoms with E-state index >= 15 is 0 Å². The molecule has 0 spiro atoms. The molecule has 8 heteroatoms. The monoisotopic (exact) mass is 385 g/mol. The van der Waals surface area contributed by atoms with Crippen molar-refractivity contribution in [3.63, 3.8) is 0 Å². The fraction of sp³-hybridized carbons (Fsp3) is 0.350. The van der Waals surface area contributed by atoms with E-state index in [2.05, 4.69) is 15.3 Å². The minimum atomic E-state index is -1.21. The molecule has 2 heterocycles. The van der Waals surface area contributed by atoms with Crippen LogP contribution in [0.5, 0.6) is 0 Å². The van der Waals surface area contributed by atoms with Gasteiger partial charge in [0.25, 0.3) is 0 Å². The fourth-order valence-electron chi connectivity index (χ4n) is 2.99. The van der Waals surface area contributed by atoms with Crippen molar-refractivity contribution in [2.45, 2.75) is 45.3 Å². The molecule has 1 atom stereocenters. The maximum atomic E-state index is 12.5. The molecule has 3 rings (SSSR count). The Morgan fingerprint density at radius 2 is 1.96 bits per heavy atom. The smallest absolute Gasteiger partial charge is 0.408 e. The van der Waals surface area contributed by atoms with Crippen LogP contribution in [0.2, 0.25) is 0 Å². The van der Waals surface area contributed by atoms with Gasteiger partial charge in [0.05, 0.1) is 0 Å². The molecule has 1 amide bonds. The van der Waals surface area contributed by atoms with Crippen LogP contribution in [-0.2, 0) is 16.7 Å². The van der Waals surface area contributed by atoms with E-state index < -0.39 is 23.2 Å². The lowest BCUT2D eigenvalue weighted by Gasteiger charge is -2.29. The molecule has 0 aliphatic rings. The van der Waals surface area contributed by atoms with Gasteiger partial charge in [0.15, 0.2) is 5.69 Å². The van der Waals surface area contributed by atoms with Crippen molar-refractivity contribution in [2.24, 2.45) is 0 Å². The normalized spacial score (nSPS) is 13.9. The molecule has 0 saturated heterocycles. The van der Waals surface area contributed by atoms with Crippen LogP contribution in [0, 0.1) is 0 Å². The number of hydrogen-bond donors (Lipinski definition) is 3. The molecule has 3 aromatic rings. The minimum Gasteiger partial charge on any atom is -0.476 e. The summed E-state index contributed by atoms with van der Waals surface area (Å²) in [6, 6.07) is 7.76. The predicted octanol–water partition coefficient (Wildman–Crippen LogP) is 3.84. The number of ether oxygens (including phenoxy) is 1. The maximum Gasteiger partial charge on any atom is 0.408 e. The Morgan fingerprint density at radius 3 is 2.61 bits per heavy atom. The highest BCUT2D eigenvalue weighted by molar-refractivity contribution is 5.85. The van der Waals surface area contributed by atoms with Crippen LogP contribution in [0.3, 0.4) is 0 Å². The quantitative estimate of drug-likeness (QED) is 0.614. The Kier molecular flexibility index (Phi) is 4.89. The predicted molar refractivity (Wildman–Crippen MR) is 102 cm³/mol.